The number of phenolic OH excluding ortho intramolecular Hbond substituents is 1. The number of alkyl halides is 2. The van der Waals surface area contributed by atoms with E-state index in [-0.39, 0.29) is 81.1 Å². The fraction of sp³-hybridized carbons (Fsp3) is 0.0714. The number of rotatable bonds is 11. The van der Waals surface area contributed by atoms with Gasteiger partial charge in [-0.1, -0.05) is 251 Å². The van der Waals surface area contributed by atoms with Crippen LogP contribution in [0.15, 0.2) is 265 Å². The van der Waals surface area contributed by atoms with Crippen molar-refractivity contribution in [2.75, 3.05) is 7.15 Å². The number of benzene rings is 10. The molecule has 2 aliphatic rings. The van der Waals surface area contributed by atoms with Crippen molar-refractivity contribution in [2.24, 2.45) is 0 Å². The summed E-state index contributed by atoms with van der Waals surface area (Å²) in [7, 11) is -1.00. The molecular weight excluding hydrogens is 1270 g/mol. The molecular formula is C70H55Br2ClCsFO5. The van der Waals surface area contributed by atoms with Crippen molar-refractivity contribution < 1.29 is 99.4 Å². The van der Waals surface area contributed by atoms with E-state index in [1.54, 1.807) is 12.1 Å². The quantitative estimate of drug-likeness (QED) is 0.0604. The molecule has 0 amide bonds. The van der Waals surface area contributed by atoms with Gasteiger partial charge in [0.05, 0.1) is 19.4 Å². The molecule has 0 radical (unpaired) electrons. The molecule has 10 aromatic rings. The molecule has 10 heteroatoms. The van der Waals surface area contributed by atoms with E-state index in [1.165, 1.54) is 61.2 Å². The summed E-state index contributed by atoms with van der Waals surface area (Å²) < 4.78 is 23.8. The van der Waals surface area contributed by atoms with Crippen molar-refractivity contribution in [3.63, 3.8) is 0 Å². The zero-order valence-corrected chi connectivity index (χ0v) is 54.2. The third-order valence-corrected chi connectivity index (χ3v) is 15.3. The van der Waals surface area contributed by atoms with Gasteiger partial charge in [-0.3, -0.25) is 9.18 Å². The van der Waals surface area contributed by atoms with E-state index >= 15 is 0 Å². The Balaban J connectivity index is 0.000000184. The monoisotopic (exact) mass is 1320 g/mol. The van der Waals surface area contributed by atoms with E-state index in [2.05, 4.69) is 244 Å². The number of hydrogen-bond donors (Lipinski definition) is 1. The summed E-state index contributed by atoms with van der Waals surface area (Å²) in [6, 6.07) is 84.6. The first-order valence-corrected chi connectivity index (χ1v) is 27.2. The van der Waals surface area contributed by atoms with Crippen LogP contribution in [0.2, 0.25) is 0 Å². The first kappa shape index (κ1) is 60.0. The molecule has 0 fully saturated rings. The molecule has 1 N–H and O–H groups in total. The summed E-state index contributed by atoms with van der Waals surface area (Å²) in [4.78, 5) is 11.2. The van der Waals surface area contributed by atoms with Gasteiger partial charge in [-0.2, -0.15) is 0 Å². The molecule has 10 aromatic carbocycles. The molecule has 0 bridgehead atoms. The number of aromatic hydroxyl groups is 1. The molecule has 2 unspecified atom stereocenters. The number of hydrogen-bond acceptors (Lipinski definition) is 5. The minimum absolute atomic E-state index is 0. The SMILES string of the molecule is C=Cc1ccc(CCl)cc1.C=Cc1ccc(COc2ccc(C3(c4ccccc4)c4ccccc4-c4ccc(Br)cc43)cc2)cc1.O=CO[O-].Oc1ccc(C2(c3ccccc3)c3ccccc3-c3ccc(Br)cc32)cc1.[2H]CF.[Cs+]. The Morgan fingerprint density at radius 2 is 0.900 bits per heavy atom. The van der Waals surface area contributed by atoms with Gasteiger partial charge in [-0.05, 0) is 138 Å². The van der Waals surface area contributed by atoms with E-state index in [0.29, 0.717) is 12.5 Å². The molecule has 0 saturated heterocycles. The third-order valence-electron chi connectivity index (χ3n) is 14.0. The Bertz CT molecular complexity index is 3670. The zero-order valence-electron chi connectivity index (χ0n) is 45.0. The minimum Gasteiger partial charge on any atom is -0.662 e. The Hall–Kier alpha value is -6.06. The molecule has 0 aliphatic heterocycles. The second kappa shape index (κ2) is 29.6. The van der Waals surface area contributed by atoms with Gasteiger partial charge < -0.3 is 20.0 Å². The predicted molar refractivity (Wildman–Crippen MR) is 326 cm³/mol. The Morgan fingerprint density at radius 3 is 1.30 bits per heavy atom. The molecule has 12 rings (SSSR count). The van der Waals surface area contributed by atoms with Crippen molar-refractivity contribution in [1.82, 2.24) is 0 Å². The van der Waals surface area contributed by atoms with Crippen LogP contribution in [0.4, 0.5) is 4.39 Å². The van der Waals surface area contributed by atoms with E-state index < -0.39 is 18.0 Å². The second-order valence-electron chi connectivity index (χ2n) is 18.3. The van der Waals surface area contributed by atoms with E-state index in [0.717, 1.165) is 42.5 Å². The summed E-state index contributed by atoms with van der Waals surface area (Å²) in [6.45, 7) is 7.82. The number of phenols is 1. The summed E-state index contributed by atoms with van der Waals surface area (Å²) >= 11 is 13.0. The number of carbonyl (C=O) groups excluding carboxylic acids is 1. The topological polar surface area (TPSA) is 78.8 Å². The van der Waals surface area contributed by atoms with Crippen molar-refractivity contribution in [2.45, 2.75) is 23.3 Å². The standard InChI is InChI=1S/C34H25BrO.C25H17BrO.C9H9Cl.CH3F.CH2O3.Cs/c1-2-24-12-14-25(15-13-24)23-36-29-19-16-27(17-20-29)34(26-8-4-3-5-9-26)32-11-7-6-10-30(32)31-21-18-28(35)22-33(31)34;26-19-12-15-22-21-8-4-5-9-23(21)25(24(22)16-19,17-6-2-1-3-7-17)18-10-13-20(27)14-11-18;1-2-8-3-5-9(7-10)6-4-8;1-2;2-1-4-3;/h2-22H,1,23H2;1-16,27H;2-6H,1,7H2;1H3;1,3H;/q;;;;;+1/p-1/i;;;1D;;. The van der Waals surface area contributed by atoms with Crippen LogP contribution in [0.3, 0.4) is 0 Å². The van der Waals surface area contributed by atoms with Crippen LogP contribution in [-0.2, 0) is 33.0 Å². The maximum Gasteiger partial charge on any atom is 1.00 e. The van der Waals surface area contributed by atoms with Gasteiger partial charge in [0.2, 0.25) is 0 Å². The third kappa shape index (κ3) is 13.1. The fourth-order valence-corrected chi connectivity index (χ4v) is 11.5. The van der Waals surface area contributed by atoms with Crippen LogP contribution < -0.4 is 78.9 Å². The van der Waals surface area contributed by atoms with Crippen molar-refractivity contribution in [3.8, 4) is 33.8 Å². The summed E-state index contributed by atoms with van der Waals surface area (Å²) in [5, 5.41) is 18.3. The van der Waals surface area contributed by atoms with Gasteiger partial charge >= 0.3 is 68.9 Å². The largest absolute Gasteiger partial charge is 1.00 e. The molecule has 0 aromatic heterocycles. The van der Waals surface area contributed by atoms with E-state index in [1.807, 2.05) is 48.6 Å². The van der Waals surface area contributed by atoms with Gasteiger partial charge in [0.1, 0.15) is 18.1 Å². The normalized spacial score (nSPS) is 14.6. The Kier molecular flexibility index (Phi) is 22.2. The zero-order chi connectivity index (χ0) is 56.5. The number of halogens is 4. The Morgan fingerprint density at radius 1 is 0.537 bits per heavy atom. The van der Waals surface area contributed by atoms with Crippen molar-refractivity contribution in [3.05, 3.63) is 332 Å². The average Bonchev–Trinajstić information content (AvgIpc) is 3.60. The molecule has 2 atom stereocenters. The van der Waals surface area contributed by atoms with Crippen molar-refractivity contribution in [1.29, 1.82) is 0 Å². The number of carbonyl (C=O) groups is 1. The number of fused-ring (bicyclic) bond motifs is 6. The molecule has 5 nitrogen and oxygen atoms in total. The summed E-state index contributed by atoms with van der Waals surface area (Å²) in [5.74, 6) is 1.72. The maximum absolute atomic E-state index is 9.96. The van der Waals surface area contributed by atoms with Gasteiger partial charge in [-0.15, -0.1) is 11.6 Å². The smallest absolute Gasteiger partial charge is 0.662 e. The minimum atomic E-state index is -1.00. The van der Waals surface area contributed by atoms with Crippen LogP contribution >= 0.6 is 43.5 Å². The van der Waals surface area contributed by atoms with Crippen LogP contribution in [-0.4, -0.2) is 18.7 Å². The molecule has 0 saturated carbocycles. The maximum atomic E-state index is 9.96. The van der Waals surface area contributed by atoms with Gasteiger partial charge in [0.15, 0.2) is 0 Å². The Labute approximate surface area is 550 Å². The second-order valence-corrected chi connectivity index (χ2v) is 20.4. The summed E-state index contributed by atoms with van der Waals surface area (Å²) in [5.41, 5.74) is 18.8. The fourth-order valence-electron chi connectivity index (χ4n) is 10.6. The number of ether oxygens (including phenoxy) is 1. The molecule has 2 aliphatic carbocycles. The molecule has 394 valence electrons. The van der Waals surface area contributed by atoms with E-state index in [9.17, 15) is 9.50 Å². The molecule has 0 spiro atoms. The average molecular weight is 1320 g/mol. The van der Waals surface area contributed by atoms with Crippen LogP contribution in [0.1, 0.15) is 68.1 Å². The first-order chi connectivity index (χ1) is 39.1. The van der Waals surface area contributed by atoms with Crippen LogP contribution in [0.25, 0.3) is 34.4 Å². The molecule has 0 heterocycles. The van der Waals surface area contributed by atoms with Gasteiger partial charge in [0, 0.05) is 14.8 Å². The summed E-state index contributed by atoms with van der Waals surface area (Å²) in [6.07, 6.45) is 3.67. The van der Waals surface area contributed by atoms with Gasteiger partial charge in [-0.25, -0.2) is 0 Å². The van der Waals surface area contributed by atoms with E-state index in [4.69, 9.17) is 27.8 Å². The predicted octanol–water partition coefficient (Wildman–Crippen LogP) is 14.6. The van der Waals surface area contributed by atoms with Crippen molar-refractivity contribution >= 4 is 62.1 Å². The first-order valence-electron chi connectivity index (χ1n) is 25.8. The van der Waals surface area contributed by atoms with Gasteiger partial charge in [0.25, 0.3) is 6.47 Å². The van der Waals surface area contributed by atoms with Crippen LogP contribution in [0, 0.1) is 0 Å². The van der Waals surface area contributed by atoms with Crippen LogP contribution in [0.5, 0.6) is 11.5 Å². The molecule has 80 heavy (non-hydrogen) atoms.